The highest BCUT2D eigenvalue weighted by Crippen LogP contribution is 2.29. The number of aliphatic hydroxyl groups is 1. The largest absolute Gasteiger partial charge is 0.444 e. The van der Waals surface area contributed by atoms with Crippen LogP contribution in [-0.4, -0.2) is 111 Å². The average molecular weight is 787 g/mol. The highest BCUT2D eigenvalue weighted by Gasteiger charge is 2.34. The molecule has 2 fully saturated rings. The van der Waals surface area contributed by atoms with Crippen LogP contribution in [0.2, 0.25) is 0 Å². The van der Waals surface area contributed by atoms with Crippen LogP contribution >= 0.6 is 23.5 Å². The van der Waals surface area contributed by atoms with Crippen LogP contribution in [0.15, 0.2) is 53.9 Å². The Morgan fingerprint density at radius 2 is 1.63 bits per heavy atom. The summed E-state index contributed by atoms with van der Waals surface area (Å²) in [4.78, 5) is 63.6. The third-order valence-electron chi connectivity index (χ3n) is 9.53. The number of thioether (sulfide) groups is 2. The summed E-state index contributed by atoms with van der Waals surface area (Å²) in [7, 11) is 0. The second-order valence-electron chi connectivity index (χ2n) is 15.1. The number of piperidine rings is 1. The van der Waals surface area contributed by atoms with E-state index in [4.69, 9.17) is 9.47 Å². The molecule has 2 aromatic rings. The van der Waals surface area contributed by atoms with E-state index in [1.54, 1.807) is 39.2 Å². The predicted molar refractivity (Wildman–Crippen MR) is 211 cm³/mol. The van der Waals surface area contributed by atoms with Crippen molar-refractivity contribution in [3.63, 3.8) is 0 Å². The first-order valence-electron chi connectivity index (χ1n) is 19.1. The number of rotatable bonds is 17. The molecule has 0 unspecified atom stereocenters. The number of likely N-dealkylation sites (tertiary alicyclic amines) is 1. The lowest BCUT2D eigenvalue weighted by atomic mass is 9.83. The van der Waals surface area contributed by atoms with Crippen molar-refractivity contribution < 1.29 is 33.8 Å². The standard InChI is InChI=1S/C39H58N6O7S2/c1-39(2,3)52-37(49)42-29-16-21-45(22-17-29)38(50)51-33(25-28-14-9-6-10-15-28)35(48)44-31(26-53-4)34(47)43-30(24-27-12-7-5-8-13-27)32(46)18-23-54-36-40-19-11-20-41-36/h6,9-11,14-15,19-20,27,29-33,46H,5,7-8,12-13,16-18,21-26H2,1-4H3,(H,42,49)(H,43,47)(H,44,48)/t30-,31-,32-,33-/m0/s1. The van der Waals surface area contributed by atoms with Crippen molar-refractivity contribution in [3.8, 4) is 0 Å². The Bertz CT molecular complexity index is 1450. The van der Waals surface area contributed by atoms with Gasteiger partial charge in [0.05, 0.1) is 12.1 Å². The van der Waals surface area contributed by atoms with Gasteiger partial charge in [-0.2, -0.15) is 11.8 Å². The van der Waals surface area contributed by atoms with Crippen molar-refractivity contribution in [1.82, 2.24) is 30.8 Å². The summed E-state index contributed by atoms with van der Waals surface area (Å²) in [5.74, 6) is 0.296. The summed E-state index contributed by atoms with van der Waals surface area (Å²) >= 11 is 2.87. The molecule has 0 bridgehead atoms. The predicted octanol–water partition coefficient (Wildman–Crippen LogP) is 5.36. The lowest BCUT2D eigenvalue weighted by Gasteiger charge is -2.33. The Labute approximate surface area is 328 Å². The van der Waals surface area contributed by atoms with E-state index < -0.39 is 48.0 Å². The van der Waals surface area contributed by atoms with Crippen molar-refractivity contribution in [2.45, 2.75) is 126 Å². The number of carbonyl (C=O) groups is 4. The van der Waals surface area contributed by atoms with Gasteiger partial charge in [-0.25, -0.2) is 19.6 Å². The molecule has 2 aliphatic rings. The zero-order chi connectivity index (χ0) is 38.9. The number of hydrogen-bond acceptors (Lipinski definition) is 11. The minimum absolute atomic E-state index is 0.120. The van der Waals surface area contributed by atoms with Crippen LogP contribution in [0.5, 0.6) is 0 Å². The van der Waals surface area contributed by atoms with Crippen molar-refractivity contribution in [1.29, 1.82) is 0 Å². The fraction of sp³-hybridized carbons (Fsp3) is 0.641. The van der Waals surface area contributed by atoms with E-state index >= 15 is 0 Å². The second-order valence-corrected chi connectivity index (χ2v) is 17.0. The molecule has 15 heteroatoms. The molecule has 54 heavy (non-hydrogen) atoms. The molecular formula is C39H58N6O7S2. The van der Waals surface area contributed by atoms with E-state index in [0.717, 1.165) is 31.2 Å². The fourth-order valence-electron chi connectivity index (χ4n) is 6.72. The van der Waals surface area contributed by atoms with Gasteiger partial charge in [0, 0.05) is 49.5 Å². The Balaban J connectivity index is 1.39. The molecule has 0 radical (unpaired) electrons. The Kier molecular flexibility index (Phi) is 17.7. The first-order chi connectivity index (χ1) is 25.9. The molecule has 0 spiro atoms. The molecule has 4 N–H and O–H groups in total. The van der Waals surface area contributed by atoms with Gasteiger partial charge in [-0.05, 0) is 70.3 Å². The molecule has 1 saturated carbocycles. The van der Waals surface area contributed by atoms with E-state index in [0.29, 0.717) is 55.6 Å². The summed E-state index contributed by atoms with van der Waals surface area (Å²) in [6.45, 7) is 6.06. The maximum absolute atomic E-state index is 13.9. The molecule has 1 aromatic carbocycles. The summed E-state index contributed by atoms with van der Waals surface area (Å²) in [5.41, 5.74) is 0.181. The van der Waals surface area contributed by atoms with E-state index in [2.05, 4.69) is 25.9 Å². The van der Waals surface area contributed by atoms with E-state index in [-0.39, 0.29) is 24.1 Å². The Morgan fingerprint density at radius 1 is 0.944 bits per heavy atom. The molecule has 1 aliphatic carbocycles. The van der Waals surface area contributed by atoms with Gasteiger partial charge in [0.25, 0.3) is 5.91 Å². The van der Waals surface area contributed by atoms with Crippen molar-refractivity contribution in [2.24, 2.45) is 5.92 Å². The van der Waals surface area contributed by atoms with Crippen LogP contribution < -0.4 is 16.0 Å². The molecule has 1 saturated heterocycles. The molecule has 4 atom stereocenters. The number of aliphatic hydroxyl groups excluding tert-OH is 1. The highest BCUT2D eigenvalue weighted by atomic mass is 32.2. The summed E-state index contributed by atoms with van der Waals surface area (Å²) in [6, 6.07) is 9.45. The number of nitrogens with one attached hydrogen (secondary N) is 3. The monoisotopic (exact) mass is 786 g/mol. The maximum atomic E-state index is 13.9. The third kappa shape index (κ3) is 15.3. The highest BCUT2D eigenvalue weighted by molar-refractivity contribution is 7.99. The van der Waals surface area contributed by atoms with Gasteiger partial charge >= 0.3 is 12.2 Å². The number of hydrogen-bond donors (Lipinski definition) is 4. The van der Waals surface area contributed by atoms with Crippen molar-refractivity contribution in [3.05, 3.63) is 54.4 Å². The molecule has 13 nitrogen and oxygen atoms in total. The number of nitrogens with zero attached hydrogens (tertiary/aromatic N) is 3. The fourth-order valence-corrected chi connectivity index (χ4v) is 8.10. The van der Waals surface area contributed by atoms with Gasteiger partial charge in [-0.15, -0.1) is 0 Å². The van der Waals surface area contributed by atoms with E-state index in [1.165, 1.54) is 34.8 Å². The minimum atomic E-state index is -1.20. The topological polar surface area (TPSA) is 172 Å². The summed E-state index contributed by atoms with van der Waals surface area (Å²) < 4.78 is 11.2. The molecule has 1 aromatic heterocycles. The van der Waals surface area contributed by atoms with Gasteiger partial charge in [0.1, 0.15) is 11.6 Å². The van der Waals surface area contributed by atoms with Crippen molar-refractivity contribution >= 4 is 47.5 Å². The normalized spacial score (nSPS) is 17.8. The first-order valence-corrected chi connectivity index (χ1v) is 21.4. The second kappa shape index (κ2) is 22.1. The SMILES string of the molecule is CSC[C@H](NC(=O)[C@H](Cc1ccccc1)OC(=O)N1CCC(NC(=O)OC(C)(C)C)CC1)C(=O)N[C@@H](CC1CCCCC1)[C@@H](O)CCSc1ncccn1. The molecule has 4 rings (SSSR count). The van der Waals surface area contributed by atoms with Gasteiger partial charge in [-0.3, -0.25) is 9.59 Å². The quantitative estimate of drug-likeness (QED) is 0.120. The number of carbonyl (C=O) groups excluding carboxylic acids is 4. The van der Waals surface area contributed by atoms with Crippen molar-refractivity contribution in [2.75, 3.05) is 30.9 Å². The number of ether oxygens (including phenoxy) is 2. The molecule has 298 valence electrons. The Morgan fingerprint density at radius 3 is 2.28 bits per heavy atom. The van der Waals surface area contributed by atoms with Gasteiger partial charge < -0.3 is 35.4 Å². The lowest BCUT2D eigenvalue weighted by Crippen LogP contribution is -2.56. The van der Waals surface area contributed by atoms with Crippen LogP contribution in [-0.2, 0) is 25.5 Å². The maximum Gasteiger partial charge on any atom is 0.410 e. The van der Waals surface area contributed by atoms with Crippen LogP contribution in [0.3, 0.4) is 0 Å². The Hall–Kier alpha value is -3.56. The first kappa shape index (κ1) is 43.2. The average Bonchev–Trinajstić information content (AvgIpc) is 3.14. The number of benzene rings is 1. The number of aromatic nitrogens is 2. The van der Waals surface area contributed by atoms with Crippen LogP contribution in [0.4, 0.5) is 9.59 Å². The van der Waals surface area contributed by atoms with Gasteiger partial charge in [0.2, 0.25) is 5.91 Å². The van der Waals surface area contributed by atoms with Crippen LogP contribution in [0.1, 0.15) is 84.1 Å². The molecule has 2 heterocycles. The number of alkyl carbamates (subject to hydrolysis) is 1. The summed E-state index contributed by atoms with van der Waals surface area (Å²) in [5, 5.41) is 20.9. The van der Waals surface area contributed by atoms with Gasteiger partial charge in [0.15, 0.2) is 11.3 Å². The van der Waals surface area contributed by atoms with E-state index in [1.807, 2.05) is 36.6 Å². The molecule has 1 aliphatic heterocycles. The minimum Gasteiger partial charge on any atom is -0.444 e. The van der Waals surface area contributed by atoms with Gasteiger partial charge in [-0.1, -0.05) is 74.2 Å². The third-order valence-corrected chi connectivity index (χ3v) is 11.1. The number of amides is 4. The lowest BCUT2D eigenvalue weighted by molar-refractivity contribution is -0.134. The molecule has 4 amide bonds. The zero-order valence-corrected chi connectivity index (χ0v) is 33.7. The van der Waals surface area contributed by atoms with E-state index in [9.17, 15) is 24.3 Å². The van der Waals surface area contributed by atoms with Crippen LogP contribution in [0.25, 0.3) is 0 Å². The smallest absolute Gasteiger partial charge is 0.410 e. The molecular weight excluding hydrogens is 729 g/mol. The zero-order valence-electron chi connectivity index (χ0n) is 32.0. The van der Waals surface area contributed by atoms with Crippen LogP contribution in [0, 0.1) is 5.92 Å². The summed E-state index contributed by atoms with van der Waals surface area (Å²) in [6.07, 6.45) is 9.88.